The number of nitrogens with zero attached hydrogens (tertiary/aromatic N) is 2. The number of aromatic nitrogens is 2. The molecule has 0 unspecified atom stereocenters. The van der Waals surface area contributed by atoms with E-state index in [1.165, 1.54) is 12.1 Å². The molecular weight excluding hydrogens is 302 g/mol. The highest BCUT2D eigenvalue weighted by Gasteiger charge is 2.16. The van der Waals surface area contributed by atoms with Gasteiger partial charge in [-0.3, -0.25) is 4.79 Å². The molecule has 0 bridgehead atoms. The minimum atomic E-state index is -3.36. The lowest BCUT2D eigenvalue weighted by Crippen LogP contribution is -2.18. The maximum absolute atomic E-state index is 12.4. The Morgan fingerprint density at radius 2 is 1.95 bits per heavy atom. The Labute approximate surface area is 130 Å². The van der Waals surface area contributed by atoms with Gasteiger partial charge in [-0.15, -0.1) is 0 Å². The minimum Gasteiger partial charge on any atom is -0.307 e. The summed E-state index contributed by atoms with van der Waals surface area (Å²) in [6, 6.07) is 6.34. The third-order valence-corrected chi connectivity index (χ3v) is 4.39. The molecule has 0 aliphatic heterocycles. The number of carbonyl (C=O) groups excluding carboxylic acids is 1. The summed E-state index contributed by atoms with van der Waals surface area (Å²) >= 11 is 0. The van der Waals surface area contributed by atoms with Gasteiger partial charge in [0.1, 0.15) is 5.82 Å². The number of hydrogen-bond acceptors (Lipinski definition) is 4. The molecule has 118 valence electrons. The van der Waals surface area contributed by atoms with Gasteiger partial charge < -0.3 is 5.32 Å². The molecule has 0 aliphatic rings. The van der Waals surface area contributed by atoms with Crippen LogP contribution in [0, 0.1) is 6.92 Å². The molecule has 0 fully saturated rings. The number of benzene rings is 1. The molecule has 2 aromatic rings. The van der Waals surface area contributed by atoms with Gasteiger partial charge in [0, 0.05) is 23.9 Å². The van der Waals surface area contributed by atoms with E-state index in [9.17, 15) is 13.2 Å². The fourth-order valence-electron chi connectivity index (χ4n) is 2.08. The van der Waals surface area contributed by atoms with Gasteiger partial charge >= 0.3 is 0 Å². The maximum atomic E-state index is 12.4. The Hall–Kier alpha value is -2.15. The van der Waals surface area contributed by atoms with E-state index in [4.69, 9.17) is 0 Å². The van der Waals surface area contributed by atoms with Gasteiger partial charge in [0.15, 0.2) is 9.84 Å². The van der Waals surface area contributed by atoms with Gasteiger partial charge in [0.05, 0.1) is 11.1 Å². The van der Waals surface area contributed by atoms with Crippen LogP contribution in [0.5, 0.6) is 0 Å². The Morgan fingerprint density at radius 3 is 2.55 bits per heavy atom. The molecule has 0 radical (unpaired) electrons. The van der Waals surface area contributed by atoms with Crippen LogP contribution < -0.4 is 5.32 Å². The summed E-state index contributed by atoms with van der Waals surface area (Å²) in [6.45, 7) is 5.68. The van der Waals surface area contributed by atoms with E-state index in [1.807, 2.05) is 13.8 Å². The second-order valence-electron chi connectivity index (χ2n) is 5.46. The Bertz CT molecular complexity index is 807. The number of sulfone groups is 1. The Balaban J connectivity index is 2.36. The van der Waals surface area contributed by atoms with Crippen molar-refractivity contribution in [1.29, 1.82) is 0 Å². The van der Waals surface area contributed by atoms with Crippen molar-refractivity contribution in [1.82, 2.24) is 9.78 Å². The highest BCUT2D eigenvalue weighted by molar-refractivity contribution is 7.90. The van der Waals surface area contributed by atoms with Crippen molar-refractivity contribution in [3.8, 4) is 0 Å². The van der Waals surface area contributed by atoms with Crippen molar-refractivity contribution in [2.75, 3.05) is 11.6 Å². The molecule has 6 nitrogen and oxygen atoms in total. The van der Waals surface area contributed by atoms with Gasteiger partial charge in [-0.1, -0.05) is 6.07 Å². The van der Waals surface area contributed by atoms with Crippen LogP contribution in [-0.2, 0) is 9.84 Å². The first-order valence-corrected chi connectivity index (χ1v) is 8.75. The van der Waals surface area contributed by atoms with Crippen LogP contribution in [0.3, 0.4) is 0 Å². The van der Waals surface area contributed by atoms with E-state index >= 15 is 0 Å². The first-order valence-electron chi connectivity index (χ1n) is 6.85. The van der Waals surface area contributed by atoms with Crippen LogP contribution in [0.4, 0.5) is 5.82 Å². The maximum Gasteiger partial charge on any atom is 0.257 e. The molecule has 7 heteroatoms. The summed E-state index contributed by atoms with van der Waals surface area (Å²) in [4.78, 5) is 12.6. The van der Waals surface area contributed by atoms with Crippen molar-refractivity contribution in [3.63, 3.8) is 0 Å². The predicted molar refractivity (Wildman–Crippen MR) is 84.9 cm³/mol. The monoisotopic (exact) mass is 321 g/mol. The summed E-state index contributed by atoms with van der Waals surface area (Å²) in [7, 11) is -3.36. The summed E-state index contributed by atoms with van der Waals surface area (Å²) in [5, 5.41) is 6.92. The largest absolute Gasteiger partial charge is 0.307 e. The van der Waals surface area contributed by atoms with Crippen LogP contribution in [0.25, 0.3) is 0 Å². The van der Waals surface area contributed by atoms with Crippen molar-refractivity contribution in [2.45, 2.75) is 31.7 Å². The Kier molecular flexibility index (Phi) is 4.37. The fourth-order valence-corrected chi connectivity index (χ4v) is 2.73. The normalized spacial score (nSPS) is 11.7. The molecule has 1 aromatic heterocycles. The van der Waals surface area contributed by atoms with Crippen molar-refractivity contribution in [2.24, 2.45) is 0 Å². The molecule has 0 saturated heterocycles. The number of carbonyl (C=O) groups is 1. The highest BCUT2D eigenvalue weighted by Crippen LogP contribution is 2.19. The molecule has 1 aromatic carbocycles. The second-order valence-corrected chi connectivity index (χ2v) is 7.47. The molecule has 0 aliphatic carbocycles. The zero-order valence-corrected chi connectivity index (χ0v) is 13.8. The van der Waals surface area contributed by atoms with Crippen LogP contribution in [-0.4, -0.2) is 30.4 Å². The molecule has 1 N–H and O–H groups in total. The van der Waals surface area contributed by atoms with Crippen molar-refractivity contribution < 1.29 is 13.2 Å². The predicted octanol–water partition coefficient (Wildman–Crippen LogP) is 2.43. The van der Waals surface area contributed by atoms with E-state index in [-0.39, 0.29) is 16.8 Å². The number of aryl methyl sites for hydroxylation is 1. The number of amides is 1. The third-order valence-electron chi connectivity index (χ3n) is 3.28. The molecule has 1 amide bonds. The lowest BCUT2D eigenvalue weighted by molar-refractivity contribution is 0.102. The summed E-state index contributed by atoms with van der Waals surface area (Å²) in [5.74, 6) is 0.217. The van der Waals surface area contributed by atoms with E-state index in [2.05, 4.69) is 10.4 Å². The second kappa shape index (κ2) is 5.92. The summed E-state index contributed by atoms with van der Waals surface area (Å²) < 4.78 is 25.0. The van der Waals surface area contributed by atoms with Gasteiger partial charge in [0.25, 0.3) is 5.91 Å². The smallest absolute Gasteiger partial charge is 0.257 e. The number of rotatable bonds is 4. The average Bonchev–Trinajstić information content (AvgIpc) is 2.86. The third kappa shape index (κ3) is 3.36. The quantitative estimate of drug-likeness (QED) is 0.937. The topological polar surface area (TPSA) is 81.1 Å². The van der Waals surface area contributed by atoms with Gasteiger partial charge in [-0.2, -0.15) is 5.10 Å². The summed E-state index contributed by atoms with van der Waals surface area (Å²) in [6.07, 6.45) is 2.72. The van der Waals surface area contributed by atoms with E-state index < -0.39 is 9.84 Å². The lowest BCUT2D eigenvalue weighted by atomic mass is 10.1. The SMILES string of the molecule is Cc1ccc(S(C)(=O)=O)cc1C(=O)Nc1ccnn1C(C)C. The molecule has 0 saturated carbocycles. The highest BCUT2D eigenvalue weighted by atomic mass is 32.2. The Morgan fingerprint density at radius 1 is 1.27 bits per heavy atom. The molecule has 2 rings (SSSR count). The van der Waals surface area contributed by atoms with Gasteiger partial charge in [-0.25, -0.2) is 13.1 Å². The molecule has 0 atom stereocenters. The first-order chi connectivity index (χ1) is 10.2. The zero-order chi connectivity index (χ0) is 16.5. The van der Waals surface area contributed by atoms with Gasteiger partial charge in [0.2, 0.25) is 0 Å². The molecular formula is C15H19N3O3S. The molecule has 0 spiro atoms. The van der Waals surface area contributed by atoms with E-state index in [1.54, 1.807) is 29.9 Å². The lowest BCUT2D eigenvalue weighted by Gasteiger charge is -2.13. The van der Waals surface area contributed by atoms with Gasteiger partial charge in [-0.05, 0) is 38.5 Å². The molecule has 22 heavy (non-hydrogen) atoms. The standard InChI is InChI=1S/C15H19N3O3S/c1-10(2)18-14(7-8-16-18)17-15(19)13-9-12(22(4,20)21)6-5-11(13)3/h5-10H,1-4H3,(H,17,19). The van der Waals surface area contributed by atoms with Crippen molar-refractivity contribution >= 4 is 21.6 Å². The van der Waals surface area contributed by atoms with Crippen LogP contribution in [0.2, 0.25) is 0 Å². The molecule has 1 heterocycles. The van der Waals surface area contributed by atoms with E-state index in [0.717, 1.165) is 6.26 Å². The number of hydrogen-bond donors (Lipinski definition) is 1. The van der Waals surface area contributed by atoms with Crippen LogP contribution >= 0.6 is 0 Å². The fraction of sp³-hybridized carbons (Fsp3) is 0.333. The minimum absolute atomic E-state index is 0.105. The first kappa shape index (κ1) is 16.2. The zero-order valence-electron chi connectivity index (χ0n) is 13.0. The van der Waals surface area contributed by atoms with Crippen molar-refractivity contribution in [3.05, 3.63) is 41.6 Å². The average molecular weight is 321 g/mol. The van der Waals surface area contributed by atoms with Crippen LogP contribution in [0.15, 0.2) is 35.4 Å². The van der Waals surface area contributed by atoms with Crippen LogP contribution in [0.1, 0.15) is 35.8 Å². The summed E-state index contributed by atoms with van der Waals surface area (Å²) in [5.41, 5.74) is 1.04. The number of anilines is 1. The number of nitrogens with one attached hydrogen (secondary N) is 1. The van der Waals surface area contributed by atoms with E-state index in [0.29, 0.717) is 16.9 Å².